The highest BCUT2D eigenvalue weighted by Crippen LogP contribution is 2.37. The van der Waals surface area contributed by atoms with Crippen LogP contribution < -0.4 is 5.73 Å². The first-order chi connectivity index (χ1) is 12.0. The molecule has 3 heterocycles. The molecule has 1 fully saturated rings. The van der Waals surface area contributed by atoms with Gasteiger partial charge in [0.25, 0.3) is 0 Å². The lowest BCUT2D eigenvalue weighted by atomic mass is 9.95. The van der Waals surface area contributed by atoms with E-state index in [2.05, 4.69) is 4.98 Å². The molecule has 4 rings (SSSR count). The van der Waals surface area contributed by atoms with Gasteiger partial charge in [-0.2, -0.15) is 0 Å². The number of aliphatic hydroxyl groups excluding tert-OH is 1. The normalized spacial score (nSPS) is 24.4. The van der Waals surface area contributed by atoms with Crippen molar-refractivity contribution in [3.05, 3.63) is 16.3 Å². The van der Waals surface area contributed by atoms with E-state index >= 15 is 0 Å². The van der Waals surface area contributed by atoms with Crippen molar-refractivity contribution in [2.24, 2.45) is 5.92 Å². The van der Waals surface area contributed by atoms with Crippen LogP contribution in [0.5, 0.6) is 0 Å². The van der Waals surface area contributed by atoms with Crippen molar-refractivity contribution in [3.8, 4) is 0 Å². The highest BCUT2D eigenvalue weighted by Gasteiger charge is 2.33. The zero-order valence-electron chi connectivity index (χ0n) is 13.9. The van der Waals surface area contributed by atoms with Crippen LogP contribution >= 0.6 is 11.3 Å². The summed E-state index contributed by atoms with van der Waals surface area (Å²) in [5.41, 5.74) is 7.55. The molecule has 0 radical (unpaired) electrons. The highest BCUT2D eigenvalue weighted by molar-refractivity contribution is 7.19. The Balaban J connectivity index is 1.59. The maximum atomic E-state index is 11.3. The molecular formula is C17H22N4O3S. The second kappa shape index (κ2) is 6.51. The SMILES string of the molecule is Nc1nc(CN2CC[C@@H](O)[C@@H](C(=O)O)C2)nc2sc3c(c12)CCCC3. The smallest absolute Gasteiger partial charge is 0.310 e. The number of carboxylic acid groups (broad SMARTS) is 1. The largest absolute Gasteiger partial charge is 0.481 e. The Bertz CT molecular complexity index is 822. The van der Waals surface area contributed by atoms with Gasteiger partial charge in [-0.3, -0.25) is 9.69 Å². The number of likely N-dealkylation sites (tertiary alicyclic amines) is 1. The molecule has 1 aliphatic heterocycles. The van der Waals surface area contributed by atoms with E-state index in [1.165, 1.54) is 23.3 Å². The van der Waals surface area contributed by atoms with E-state index in [1.807, 2.05) is 4.90 Å². The summed E-state index contributed by atoms with van der Waals surface area (Å²) in [7, 11) is 0. The summed E-state index contributed by atoms with van der Waals surface area (Å²) in [4.78, 5) is 24.8. The van der Waals surface area contributed by atoms with Crippen LogP contribution in [-0.2, 0) is 24.2 Å². The Morgan fingerprint density at radius 2 is 2.12 bits per heavy atom. The van der Waals surface area contributed by atoms with E-state index in [4.69, 9.17) is 10.7 Å². The number of nitrogens with two attached hydrogens (primary N) is 1. The number of anilines is 1. The fraction of sp³-hybridized carbons (Fsp3) is 0.588. The minimum atomic E-state index is -0.959. The van der Waals surface area contributed by atoms with Gasteiger partial charge in [0.15, 0.2) is 0 Å². The first-order valence-electron chi connectivity index (χ1n) is 8.73. The number of aliphatic carboxylic acids is 1. The maximum Gasteiger partial charge on any atom is 0.310 e. The van der Waals surface area contributed by atoms with Gasteiger partial charge in [-0.15, -0.1) is 11.3 Å². The molecule has 134 valence electrons. The Morgan fingerprint density at radius 1 is 1.32 bits per heavy atom. The number of aromatic nitrogens is 2. The van der Waals surface area contributed by atoms with Gasteiger partial charge >= 0.3 is 5.97 Å². The fourth-order valence-corrected chi connectivity index (χ4v) is 5.18. The molecule has 1 aliphatic carbocycles. The Morgan fingerprint density at radius 3 is 2.92 bits per heavy atom. The number of carbonyl (C=O) groups is 1. The van der Waals surface area contributed by atoms with Crippen molar-refractivity contribution in [3.63, 3.8) is 0 Å². The molecule has 0 aromatic carbocycles. The van der Waals surface area contributed by atoms with Crippen molar-refractivity contribution >= 4 is 33.3 Å². The quantitative estimate of drug-likeness (QED) is 0.757. The lowest BCUT2D eigenvalue weighted by Crippen LogP contribution is -2.46. The van der Waals surface area contributed by atoms with Gasteiger partial charge in [-0.1, -0.05) is 0 Å². The van der Waals surface area contributed by atoms with Crippen molar-refractivity contribution in [2.45, 2.75) is 44.8 Å². The average Bonchev–Trinajstić information content (AvgIpc) is 2.95. The molecule has 7 nitrogen and oxygen atoms in total. The predicted octanol–water partition coefficient (Wildman–Crippen LogP) is 1.42. The van der Waals surface area contributed by atoms with Gasteiger partial charge in [0.2, 0.25) is 0 Å². The molecule has 0 bridgehead atoms. The van der Waals surface area contributed by atoms with Gasteiger partial charge in [0.1, 0.15) is 16.5 Å². The molecule has 2 aromatic rings. The number of hydrogen-bond acceptors (Lipinski definition) is 7. The summed E-state index contributed by atoms with van der Waals surface area (Å²) >= 11 is 1.71. The number of nitrogen functional groups attached to an aromatic ring is 1. The molecule has 4 N–H and O–H groups in total. The number of rotatable bonds is 3. The minimum absolute atomic E-state index is 0.304. The summed E-state index contributed by atoms with van der Waals surface area (Å²) in [6, 6.07) is 0. The van der Waals surface area contributed by atoms with Crippen molar-refractivity contribution in [1.82, 2.24) is 14.9 Å². The number of hydrogen-bond donors (Lipinski definition) is 3. The van der Waals surface area contributed by atoms with Crippen LogP contribution in [0.1, 0.15) is 35.5 Å². The van der Waals surface area contributed by atoms with Crippen LogP contribution in [0.25, 0.3) is 10.2 Å². The Labute approximate surface area is 149 Å². The fourth-order valence-electron chi connectivity index (χ4n) is 3.90. The number of thiophene rings is 1. The lowest BCUT2D eigenvalue weighted by molar-refractivity contribution is -0.149. The second-order valence-electron chi connectivity index (χ2n) is 6.95. The molecule has 2 aromatic heterocycles. The number of fused-ring (bicyclic) bond motifs is 3. The highest BCUT2D eigenvalue weighted by atomic mass is 32.1. The molecule has 1 saturated heterocycles. The van der Waals surface area contributed by atoms with E-state index in [1.54, 1.807) is 11.3 Å². The van der Waals surface area contributed by atoms with Gasteiger partial charge < -0.3 is 15.9 Å². The zero-order chi connectivity index (χ0) is 17.6. The maximum absolute atomic E-state index is 11.3. The molecule has 0 unspecified atom stereocenters. The number of aliphatic hydroxyl groups is 1. The first kappa shape index (κ1) is 16.7. The lowest BCUT2D eigenvalue weighted by Gasteiger charge is -2.33. The topological polar surface area (TPSA) is 113 Å². The van der Waals surface area contributed by atoms with Crippen LogP contribution in [0.3, 0.4) is 0 Å². The monoisotopic (exact) mass is 362 g/mol. The number of aryl methyl sites for hydroxylation is 2. The third-order valence-electron chi connectivity index (χ3n) is 5.23. The molecular weight excluding hydrogens is 340 g/mol. The molecule has 0 amide bonds. The number of piperidine rings is 1. The van der Waals surface area contributed by atoms with Crippen molar-refractivity contribution in [1.29, 1.82) is 0 Å². The van der Waals surface area contributed by atoms with E-state index in [-0.39, 0.29) is 0 Å². The Hall–Kier alpha value is -1.77. The third-order valence-corrected chi connectivity index (χ3v) is 6.42. The van der Waals surface area contributed by atoms with E-state index in [0.717, 1.165) is 23.1 Å². The number of nitrogens with zero attached hydrogens (tertiary/aromatic N) is 3. The predicted molar refractivity (Wildman–Crippen MR) is 95.5 cm³/mol. The molecule has 0 saturated carbocycles. The average molecular weight is 362 g/mol. The van der Waals surface area contributed by atoms with Crippen LogP contribution in [0.4, 0.5) is 5.82 Å². The van der Waals surface area contributed by atoms with Crippen LogP contribution in [0.2, 0.25) is 0 Å². The van der Waals surface area contributed by atoms with Gasteiger partial charge in [-0.05, 0) is 37.7 Å². The zero-order valence-corrected chi connectivity index (χ0v) is 14.8. The van der Waals surface area contributed by atoms with Crippen LogP contribution in [0, 0.1) is 5.92 Å². The van der Waals surface area contributed by atoms with Gasteiger partial charge in [0.05, 0.1) is 24.0 Å². The summed E-state index contributed by atoms with van der Waals surface area (Å²) in [5, 5.41) is 20.1. The molecule has 25 heavy (non-hydrogen) atoms. The van der Waals surface area contributed by atoms with Gasteiger partial charge in [-0.25, -0.2) is 9.97 Å². The van der Waals surface area contributed by atoms with E-state index < -0.39 is 18.0 Å². The molecule has 2 aliphatic rings. The first-order valence-corrected chi connectivity index (χ1v) is 9.54. The van der Waals surface area contributed by atoms with Crippen molar-refractivity contribution < 1.29 is 15.0 Å². The summed E-state index contributed by atoms with van der Waals surface area (Å²) in [5.74, 6) is -0.557. The minimum Gasteiger partial charge on any atom is -0.481 e. The standard InChI is InChI=1S/C17H22N4O3S/c18-15-14-9-3-1-2-4-12(9)25-16(14)20-13(19-15)8-21-6-5-11(22)10(7-21)17(23)24/h10-11,22H,1-8H2,(H,23,24)(H2,18,19,20)/t10-,11+/m0/s1. The second-order valence-corrected chi connectivity index (χ2v) is 8.04. The summed E-state index contributed by atoms with van der Waals surface area (Å²) in [6.45, 7) is 1.39. The summed E-state index contributed by atoms with van der Waals surface area (Å²) in [6.07, 6.45) is 4.20. The van der Waals surface area contributed by atoms with Crippen LogP contribution in [-0.4, -0.2) is 50.2 Å². The van der Waals surface area contributed by atoms with Crippen LogP contribution in [0.15, 0.2) is 0 Å². The van der Waals surface area contributed by atoms with Gasteiger partial charge in [0, 0.05) is 18.0 Å². The third kappa shape index (κ3) is 3.09. The molecule has 0 spiro atoms. The van der Waals surface area contributed by atoms with E-state index in [9.17, 15) is 15.0 Å². The Kier molecular flexibility index (Phi) is 4.35. The summed E-state index contributed by atoms with van der Waals surface area (Å²) < 4.78 is 0. The molecule has 2 atom stereocenters. The number of carboxylic acids is 1. The van der Waals surface area contributed by atoms with Crippen molar-refractivity contribution in [2.75, 3.05) is 18.8 Å². The van der Waals surface area contributed by atoms with E-state index in [0.29, 0.717) is 37.7 Å². The molecule has 8 heteroatoms.